The van der Waals surface area contributed by atoms with E-state index in [1.54, 1.807) is 0 Å². The molecule has 0 aromatic heterocycles. The number of carbonyl (C=O) groups is 1. The van der Waals surface area contributed by atoms with Crippen LogP contribution in [-0.4, -0.2) is 32.2 Å². The lowest BCUT2D eigenvalue weighted by Crippen LogP contribution is -2.26. The molecule has 0 spiro atoms. The molecule has 4 heteroatoms. The van der Waals surface area contributed by atoms with Gasteiger partial charge in [0, 0.05) is 24.5 Å². The third kappa shape index (κ3) is 4.64. The monoisotopic (exact) mass is 352 g/mol. The van der Waals surface area contributed by atoms with Crippen molar-refractivity contribution in [1.29, 1.82) is 0 Å². The second-order valence-electron chi connectivity index (χ2n) is 6.57. The van der Waals surface area contributed by atoms with E-state index in [-0.39, 0.29) is 5.97 Å². The number of hydrogen-bond donors (Lipinski definition) is 1. The van der Waals surface area contributed by atoms with Crippen molar-refractivity contribution in [3.63, 3.8) is 0 Å². The SMILES string of the molecule is CCOC(=O)CCNCCCN1c2ccccc2CCc2ccccc21. The van der Waals surface area contributed by atoms with Crippen molar-refractivity contribution in [2.24, 2.45) is 0 Å². The van der Waals surface area contributed by atoms with Gasteiger partial charge in [-0.05, 0) is 56.0 Å². The predicted molar refractivity (Wildman–Crippen MR) is 106 cm³/mol. The highest BCUT2D eigenvalue weighted by atomic mass is 16.5. The Kier molecular flexibility index (Phi) is 6.67. The number of nitrogens with one attached hydrogen (secondary N) is 1. The number of ether oxygens (including phenoxy) is 1. The van der Waals surface area contributed by atoms with Gasteiger partial charge in [0.25, 0.3) is 0 Å². The zero-order valence-electron chi connectivity index (χ0n) is 15.5. The van der Waals surface area contributed by atoms with E-state index in [0.717, 1.165) is 32.4 Å². The molecule has 0 unspecified atom stereocenters. The molecule has 3 rings (SSSR count). The van der Waals surface area contributed by atoms with Crippen molar-refractivity contribution >= 4 is 17.3 Å². The summed E-state index contributed by atoms with van der Waals surface area (Å²) < 4.78 is 4.95. The van der Waals surface area contributed by atoms with Crippen molar-refractivity contribution in [2.45, 2.75) is 32.6 Å². The average molecular weight is 352 g/mol. The minimum atomic E-state index is -0.129. The van der Waals surface area contributed by atoms with Gasteiger partial charge >= 0.3 is 5.97 Å². The molecule has 0 bridgehead atoms. The van der Waals surface area contributed by atoms with E-state index in [4.69, 9.17) is 4.74 Å². The van der Waals surface area contributed by atoms with Crippen LogP contribution in [0.15, 0.2) is 48.5 Å². The fourth-order valence-corrected chi connectivity index (χ4v) is 3.52. The molecule has 138 valence electrons. The summed E-state index contributed by atoms with van der Waals surface area (Å²) in [6.07, 6.45) is 3.62. The number of hydrogen-bond acceptors (Lipinski definition) is 4. The van der Waals surface area contributed by atoms with E-state index in [2.05, 4.69) is 58.7 Å². The molecule has 0 radical (unpaired) electrons. The van der Waals surface area contributed by atoms with Gasteiger partial charge in [0.1, 0.15) is 0 Å². The lowest BCUT2D eigenvalue weighted by Gasteiger charge is -2.27. The van der Waals surface area contributed by atoms with Crippen LogP contribution < -0.4 is 10.2 Å². The summed E-state index contributed by atoms with van der Waals surface area (Å²) in [6, 6.07) is 17.4. The Morgan fingerprint density at radius 3 is 2.23 bits per heavy atom. The number of rotatable bonds is 8. The van der Waals surface area contributed by atoms with E-state index in [1.807, 2.05) is 6.92 Å². The fraction of sp³-hybridized carbons (Fsp3) is 0.409. The minimum Gasteiger partial charge on any atom is -0.466 e. The number of aryl methyl sites for hydroxylation is 2. The molecule has 1 N–H and O–H groups in total. The Labute approximate surface area is 156 Å². The number of esters is 1. The van der Waals surface area contributed by atoms with Crippen molar-refractivity contribution in [2.75, 3.05) is 31.1 Å². The summed E-state index contributed by atoms with van der Waals surface area (Å²) in [6.45, 7) is 4.81. The highest BCUT2D eigenvalue weighted by Crippen LogP contribution is 2.35. The summed E-state index contributed by atoms with van der Waals surface area (Å²) in [5.41, 5.74) is 5.48. The Balaban J connectivity index is 1.59. The topological polar surface area (TPSA) is 41.6 Å². The smallest absolute Gasteiger partial charge is 0.307 e. The van der Waals surface area contributed by atoms with Crippen LogP contribution in [0, 0.1) is 0 Å². The fourth-order valence-electron chi connectivity index (χ4n) is 3.52. The predicted octanol–water partition coefficient (Wildman–Crippen LogP) is 3.86. The van der Waals surface area contributed by atoms with Gasteiger partial charge in [0.15, 0.2) is 0 Å². The first-order valence-corrected chi connectivity index (χ1v) is 9.59. The quantitative estimate of drug-likeness (QED) is 0.579. The van der Waals surface area contributed by atoms with E-state index in [1.165, 1.54) is 22.5 Å². The largest absolute Gasteiger partial charge is 0.466 e. The first-order chi connectivity index (χ1) is 12.8. The molecule has 1 aliphatic rings. The molecule has 4 nitrogen and oxygen atoms in total. The molecule has 0 amide bonds. The highest BCUT2D eigenvalue weighted by molar-refractivity contribution is 5.71. The maximum atomic E-state index is 11.4. The van der Waals surface area contributed by atoms with Crippen LogP contribution in [-0.2, 0) is 22.4 Å². The van der Waals surface area contributed by atoms with Gasteiger partial charge in [-0.15, -0.1) is 0 Å². The van der Waals surface area contributed by atoms with E-state index < -0.39 is 0 Å². The second kappa shape index (κ2) is 9.39. The average Bonchev–Trinajstić information content (AvgIpc) is 2.82. The van der Waals surface area contributed by atoms with Crippen molar-refractivity contribution in [3.8, 4) is 0 Å². The lowest BCUT2D eigenvalue weighted by atomic mass is 10.0. The van der Waals surface area contributed by atoms with Crippen LogP contribution in [0.3, 0.4) is 0 Å². The van der Waals surface area contributed by atoms with E-state index in [0.29, 0.717) is 19.6 Å². The Bertz CT molecular complexity index is 682. The van der Waals surface area contributed by atoms with E-state index >= 15 is 0 Å². The van der Waals surface area contributed by atoms with Crippen LogP contribution in [0.2, 0.25) is 0 Å². The van der Waals surface area contributed by atoms with Gasteiger partial charge in [-0.2, -0.15) is 0 Å². The second-order valence-corrected chi connectivity index (χ2v) is 6.57. The maximum absolute atomic E-state index is 11.4. The van der Waals surface area contributed by atoms with Crippen molar-refractivity contribution < 1.29 is 9.53 Å². The minimum absolute atomic E-state index is 0.129. The third-order valence-corrected chi connectivity index (χ3v) is 4.77. The molecule has 1 aliphatic heterocycles. The molecule has 0 saturated heterocycles. The summed E-state index contributed by atoms with van der Waals surface area (Å²) in [7, 11) is 0. The van der Waals surface area contributed by atoms with Gasteiger partial charge < -0.3 is 15.0 Å². The Morgan fingerprint density at radius 1 is 1.00 bits per heavy atom. The van der Waals surface area contributed by atoms with Gasteiger partial charge in [0.2, 0.25) is 0 Å². The van der Waals surface area contributed by atoms with E-state index in [9.17, 15) is 4.79 Å². The molecule has 0 atom stereocenters. The molecule has 0 fully saturated rings. The molecular formula is C22H28N2O2. The number of nitrogens with zero attached hydrogens (tertiary/aromatic N) is 1. The normalized spacial score (nSPS) is 12.9. The molecule has 0 aliphatic carbocycles. The molecule has 2 aromatic rings. The Hall–Kier alpha value is -2.33. The van der Waals surface area contributed by atoms with Gasteiger partial charge in [-0.3, -0.25) is 4.79 Å². The first kappa shape index (κ1) is 18.5. The summed E-state index contributed by atoms with van der Waals surface area (Å²) in [5, 5.41) is 3.35. The Morgan fingerprint density at radius 2 is 1.62 bits per heavy atom. The van der Waals surface area contributed by atoms with Crippen LogP contribution in [0.5, 0.6) is 0 Å². The first-order valence-electron chi connectivity index (χ1n) is 9.59. The molecule has 2 aromatic carbocycles. The molecule has 26 heavy (non-hydrogen) atoms. The number of benzene rings is 2. The standard InChI is InChI=1S/C22H28N2O2/c1-2-26-22(25)14-16-23-15-7-17-24-20-10-5-3-8-18(20)12-13-19-9-4-6-11-21(19)24/h3-6,8-11,23H,2,7,12-17H2,1H3. The summed E-state index contributed by atoms with van der Waals surface area (Å²) >= 11 is 0. The zero-order chi connectivity index (χ0) is 18.2. The van der Waals surface area contributed by atoms with Gasteiger partial charge in [0.05, 0.1) is 13.0 Å². The lowest BCUT2D eigenvalue weighted by molar-refractivity contribution is -0.142. The van der Waals surface area contributed by atoms with Crippen molar-refractivity contribution in [1.82, 2.24) is 5.32 Å². The van der Waals surface area contributed by atoms with Crippen molar-refractivity contribution in [3.05, 3.63) is 59.7 Å². The van der Waals surface area contributed by atoms with Crippen LogP contribution in [0.1, 0.15) is 30.9 Å². The number of anilines is 2. The zero-order valence-corrected chi connectivity index (χ0v) is 15.5. The number of para-hydroxylation sites is 2. The van der Waals surface area contributed by atoms with Gasteiger partial charge in [-0.1, -0.05) is 36.4 Å². The number of carbonyl (C=O) groups excluding carboxylic acids is 1. The van der Waals surface area contributed by atoms with Crippen LogP contribution in [0.25, 0.3) is 0 Å². The van der Waals surface area contributed by atoms with Gasteiger partial charge in [-0.25, -0.2) is 0 Å². The highest BCUT2D eigenvalue weighted by Gasteiger charge is 2.19. The third-order valence-electron chi connectivity index (χ3n) is 4.77. The molecular weight excluding hydrogens is 324 g/mol. The maximum Gasteiger partial charge on any atom is 0.307 e. The van der Waals surface area contributed by atoms with Crippen LogP contribution >= 0.6 is 0 Å². The van der Waals surface area contributed by atoms with Crippen LogP contribution in [0.4, 0.5) is 11.4 Å². The number of fused-ring (bicyclic) bond motifs is 2. The summed E-state index contributed by atoms with van der Waals surface area (Å²) in [4.78, 5) is 13.8. The molecule has 1 heterocycles. The molecule has 0 saturated carbocycles. The summed E-state index contributed by atoms with van der Waals surface area (Å²) in [5.74, 6) is -0.129.